The molecule has 1 unspecified atom stereocenters. The van der Waals surface area contributed by atoms with E-state index in [1.165, 1.54) is 0 Å². The molecule has 0 saturated carbocycles. The summed E-state index contributed by atoms with van der Waals surface area (Å²) in [6, 6.07) is -0.395. The zero-order valence-electron chi connectivity index (χ0n) is 12.8. The standard InChI is InChI=1S/C15H26N2O3/c1-5-8-16(10-11-18)13(19)12-7-6-9-17(12)14(20)15(2,3)4/h5,12,18H,1,6-11H2,2-4H3. The quantitative estimate of drug-likeness (QED) is 0.766. The Kier molecular flexibility index (Phi) is 5.74. The summed E-state index contributed by atoms with van der Waals surface area (Å²) in [5.74, 6) is -0.0787. The number of carbonyl (C=O) groups is 2. The number of amides is 2. The van der Waals surface area contributed by atoms with Crippen LogP contribution in [0.5, 0.6) is 0 Å². The van der Waals surface area contributed by atoms with E-state index in [1.807, 2.05) is 20.8 Å². The molecule has 1 fully saturated rings. The highest BCUT2D eigenvalue weighted by atomic mass is 16.3. The molecule has 0 aromatic carbocycles. The molecule has 20 heavy (non-hydrogen) atoms. The molecule has 0 aliphatic carbocycles. The van der Waals surface area contributed by atoms with Gasteiger partial charge in [-0.05, 0) is 12.8 Å². The highest BCUT2D eigenvalue weighted by Gasteiger charge is 2.39. The number of aliphatic hydroxyl groups is 1. The third-order valence-electron chi connectivity index (χ3n) is 3.47. The molecule has 1 aliphatic rings. The van der Waals surface area contributed by atoms with E-state index >= 15 is 0 Å². The van der Waals surface area contributed by atoms with Gasteiger partial charge in [-0.1, -0.05) is 26.8 Å². The first-order valence-corrected chi connectivity index (χ1v) is 7.14. The van der Waals surface area contributed by atoms with Crippen LogP contribution in [0.2, 0.25) is 0 Å². The van der Waals surface area contributed by atoms with Gasteiger partial charge in [-0.2, -0.15) is 0 Å². The van der Waals surface area contributed by atoms with Gasteiger partial charge in [0, 0.05) is 25.0 Å². The predicted octanol–water partition coefficient (Wildman–Crippen LogP) is 1.03. The summed E-state index contributed by atoms with van der Waals surface area (Å²) in [7, 11) is 0. The zero-order chi connectivity index (χ0) is 15.3. The van der Waals surface area contributed by atoms with Crippen LogP contribution in [0.1, 0.15) is 33.6 Å². The van der Waals surface area contributed by atoms with Gasteiger partial charge < -0.3 is 14.9 Å². The van der Waals surface area contributed by atoms with Crippen molar-refractivity contribution in [3.05, 3.63) is 12.7 Å². The van der Waals surface area contributed by atoms with Gasteiger partial charge >= 0.3 is 0 Å². The number of hydrogen-bond acceptors (Lipinski definition) is 3. The summed E-state index contributed by atoms with van der Waals surface area (Å²) in [5.41, 5.74) is -0.483. The first-order valence-electron chi connectivity index (χ1n) is 7.14. The highest BCUT2D eigenvalue weighted by molar-refractivity contribution is 5.90. The Labute approximate surface area is 121 Å². The Morgan fingerprint density at radius 1 is 1.45 bits per heavy atom. The molecule has 114 valence electrons. The Morgan fingerprint density at radius 2 is 2.10 bits per heavy atom. The van der Waals surface area contributed by atoms with Crippen molar-refractivity contribution in [1.29, 1.82) is 0 Å². The van der Waals surface area contributed by atoms with Gasteiger partial charge in [0.2, 0.25) is 11.8 Å². The van der Waals surface area contributed by atoms with Crippen molar-refractivity contribution in [2.75, 3.05) is 26.2 Å². The first-order chi connectivity index (χ1) is 9.32. The van der Waals surface area contributed by atoms with Crippen LogP contribution in [0.3, 0.4) is 0 Å². The van der Waals surface area contributed by atoms with Crippen LogP contribution in [0.25, 0.3) is 0 Å². The van der Waals surface area contributed by atoms with E-state index in [-0.39, 0.29) is 25.0 Å². The van der Waals surface area contributed by atoms with Gasteiger partial charge in [-0.15, -0.1) is 6.58 Å². The number of carbonyl (C=O) groups excluding carboxylic acids is 2. The molecule has 0 aromatic rings. The van der Waals surface area contributed by atoms with Crippen LogP contribution in [-0.2, 0) is 9.59 Å². The molecule has 0 radical (unpaired) electrons. The van der Waals surface area contributed by atoms with Crippen LogP contribution >= 0.6 is 0 Å². The number of rotatable bonds is 5. The molecular weight excluding hydrogens is 256 g/mol. The second-order valence-corrected chi connectivity index (χ2v) is 6.20. The summed E-state index contributed by atoms with van der Waals surface area (Å²) >= 11 is 0. The molecule has 2 amide bonds. The fourth-order valence-electron chi connectivity index (χ4n) is 2.48. The van der Waals surface area contributed by atoms with Crippen molar-refractivity contribution >= 4 is 11.8 Å². The lowest BCUT2D eigenvalue weighted by Crippen LogP contribution is -2.51. The fraction of sp³-hybridized carbons (Fsp3) is 0.733. The van der Waals surface area contributed by atoms with Crippen LogP contribution in [0.4, 0.5) is 0 Å². The Bertz CT molecular complexity index is 374. The van der Waals surface area contributed by atoms with E-state index in [4.69, 9.17) is 5.11 Å². The lowest BCUT2D eigenvalue weighted by molar-refractivity contribution is -0.148. The van der Waals surface area contributed by atoms with E-state index < -0.39 is 11.5 Å². The number of hydrogen-bond donors (Lipinski definition) is 1. The molecule has 1 saturated heterocycles. The Balaban J connectivity index is 2.84. The largest absolute Gasteiger partial charge is 0.395 e. The van der Waals surface area contributed by atoms with Crippen LogP contribution in [0.15, 0.2) is 12.7 Å². The van der Waals surface area contributed by atoms with E-state index in [9.17, 15) is 9.59 Å². The second-order valence-electron chi connectivity index (χ2n) is 6.20. The Hall–Kier alpha value is -1.36. The molecule has 5 heteroatoms. The van der Waals surface area contributed by atoms with Gasteiger partial charge in [-0.3, -0.25) is 9.59 Å². The van der Waals surface area contributed by atoms with E-state index in [1.54, 1.807) is 15.9 Å². The third-order valence-corrected chi connectivity index (χ3v) is 3.47. The van der Waals surface area contributed by atoms with Crippen LogP contribution in [0, 0.1) is 5.41 Å². The zero-order valence-corrected chi connectivity index (χ0v) is 12.8. The topological polar surface area (TPSA) is 60.9 Å². The Morgan fingerprint density at radius 3 is 2.60 bits per heavy atom. The van der Waals surface area contributed by atoms with Crippen LogP contribution in [-0.4, -0.2) is 59.0 Å². The molecule has 1 aliphatic heterocycles. The SMILES string of the molecule is C=CCN(CCO)C(=O)C1CCCN1C(=O)C(C)(C)C. The summed E-state index contributed by atoms with van der Waals surface area (Å²) < 4.78 is 0. The van der Waals surface area contributed by atoms with Gasteiger partial charge in [-0.25, -0.2) is 0 Å². The first kappa shape index (κ1) is 16.7. The van der Waals surface area contributed by atoms with Crippen molar-refractivity contribution in [2.45, 2.75) is 39.7 Å². The third kappa shape index (κ3) is 3.82. The fourth-order valence-corrected chi connectivity index (χ4v) is 2.48. The van der Waals surface area contributed by atoms with Crippen molar-refractivity contribution in [2.24, 2.45) is 5.41 Å². The minimum atomic E-state index is -0.483. The van der Waals surface area contributed by atoms with Gasteiger partial charge in [0.25, 0.3) is 0 Å². The lowest BCUT2D eigenvalue weighted by Gasteiger charge is -2.33. The molecule has 0 spiro atoms. The maximum absolute atomic E-state index is 12.5. The minimum absolute atomic E-state index is 0.0101. The molecule has 0 aromatic heterocycles. The van der Waals surface area contributed by atoms with Crippen LogP contribution < -0.4 is 0 Å². The molecule has 1 atom stereocenters. The molecule has 1 heterocycles. The molecule has 1 rings (SSSR count). The van der Waals surface area contributed by atoms with E-state index in [0.29, 0.717) is 19.5 Å². The molecule has 5 nitrogen and oxygen atoms in total. The monoisotopic (exact) mass is 282 g/mol. The van der Waals surface area contributed by atoms with E-state index in [2.05, 4.69) is 6.58 Å². The van der Waals surface area contributed by atoms with Crippen molar-refractivity contribution in [1.82, 2.24) is 9.80 Å². The number of aliphatic hydroxyl groups excluding tert-OH is 1. The number of nitrogens with zero attached hydrogens (tertiary/aromatic N) is 2. The predicted molar refractivity (Wildman–Crippen MR) is 78.1 cm³/mol. The molecule has 0 bridgehead atoms. The summed E-state index contributed by atoms with van der Waals surface area (Å²) in [6.45, 7) is 10.4. The minimum Gasteiger partial charge on any atom is -0.395 e. The maximum atomic E-state index is 12.5. The lowest BCUT2D eigenvalue weighted by atomic mass is 9.94. The maximum Gasteiger partial charge on any atom is 0.245 e. The summed E-state index contributed by atoms with van der Waals surface area (Å²) in [4.78, 5) is 28.2. The second kappa shape index (κ2) is 6.88. The summed E-state index contributed by atoms with van der Waals surface area (Å²) in [5, 5.41) is 9.05. The highest BCUT2D eigenvalue weighted by Crippen LogP contribution is 2.26. The average molecular weight is 282 g/mol. The van der Waals surface area contributed by atoms with Crippen molar-refractivity contribution < 1.29 is 14.7 Å². The molecule has 1 N–H and O–H groups in total. The normalized spacial score (nSPS) is 19.0. The van der Waals surface area contributed by atoms with E-state index in [0.717, 1.165) is 6.42 Å². The average Bonchev–Trinajstić information content (AvgIpc) is 2.84. The number of likely N-dealkylation sites (tertiary alicyclic amines) is 1. The van der Waals surface area contributed by atoms with Gasteiger partial charge in [0.15, 0.2) is 0 Å². The molecular formula is C15H26N2O3. The van der Waals surface area contributed by atoms with Gasteiger partial charge in [0.1, 0.15) is 6.04 Å². The smallest absolute Gasteiger partial charge is 0.245 e. The van der Waals surface area contributed by atoms with Gasteiger partial charge in [0.05, 0.1) is 6.61 Å². The van der Waals surface area contributed by atoms with Crippen molar-refractivity contribution in [3.63, 3.8) is 0 Å². The van der Waals surface area contributed by atoms with Crippen molar-refractivity contribution in [3.8, 4) is 0 Å². The summed E-state index contributed by atoms with van der Waals surface area (Å²) in [6.07, 6.45) is 3.18.